The van der Waals surface area contributed by atoms with Crippen molar-refractivity contribution < 1.29 is 30.3 Å². The minimum atomic E-state index is 0. The van der Waals surface area contributed by atoms with Gasteiger partial charge in [0.1, 0.15) is 0 Å². The molecule has 19 heavy (non-hydrogen) atoms. The molecule has 0 radical (unpaired) electrons. The van der Waals surface area contributed by atoms with Gasteiger partial charge in [0.2, 0.25) is 5.91 Å². The first-order chi connectivity index (χ1) is 8.63. The van der Waals surface area contributed by atoms with Crippen LogP contribution in [0.3, 0.4) is 0 Å². The van der Waals surface area contributed by atoms with Crippen LogP contribution < -0.4 is 4.90 Å². The van der Waals surface area contributed by atoms with E-state index in [9.17, 15) is 4.79 Å². The average Bonchev–Trinajstić information content (AvgIpc) is 2.40. The fourth-order valence-electron chi connectivity index (χ4n) is 1.17. The van der Waals surface area contributed by atoms with Crippen LogP contribution >= 0.6 is 0 Å². The third-order valence-corrected chi connectivity index (χ3v) is 2.26. The first kappa shape index (κ1) is 20.6. The third-order valence-electron chi connectivity index (χ3n) is 2.26. The quantitative estimate of drug-likeness (QED) is 0.650. The van der Waals surface area contributed by atoms with Crippen molar-refractivity contribution in [2.45, 2.75) is 20.3 Å². The summed E-state index contributed by atoms with van der Waals surface area (Å²) in [5.74, 6) is 0.0520. The van der Waals surface area contributed by atoms with Gasteiger partial charge in [-0.3, -0.25) is 4.79 Å². The minimum absolute atomic E-state index is 0. The maximum Gasteiger partial charge on any atom is 0.223 e. The van der Waals surface area contributed by atoms with Gasteiger partial charge in [0.25, 0.3) is 0 Å². The van der Waals surface area contributed by atoms with Crippen molar-refractivity contribution in [2.75, 3.05) is 31.6 Å². The van der Waals surface area contributed by atoms with Gasteiger partial charge < -0.3 is 15.3 Å². The van der Waals surface area contributed by atoms with Gasteiger partial charge in [-0.15, -0.1) is 13.1 Å². The molecule has 5 heteroatoms. The van der Waals surface area contributed by atoms with E-state index < -0.39 is 0 Å². The van der Waals surface area contributed by atoms with Crippen molar-refractivity contribution >= 4 is 11.6 Å². The molecule has 1 aromatic carbocycles. The summed E-state index contributed by atoms with van der Waals surface area (Å²) < 4.78 is 0. The largest absolute Gasteiger partial charge is 0.660 e. The van der Waals surface area contributed by atoms with Crippen LogP contribution in [0.4, 0.5) is 5.69 Å². The van der Waals surface area contributed by atoms with Crippen LogP contribution in [0.2, 0.25) is 0 Å². The molecule has 1 rings (SSSR count). The number of anilines is 1. The van der Waals surface area contributed by atoms with Crippen LogP contribution in [0.15, 0.2) is 30.3 Å². The molecule has 1 aromatic rings. The van der Waals surface area contributed by atoms with Crippen LogP contribution in [-0.2, 0) is 25.2 Å². The van der Waals surface area contributed by atoms with Crippen LogP contribution in [0.25, 0.3) is 5.32 Å². The average molecular weight is 358 g/mol. The molecule has 0 heterocycles. The molecule has 1 N–H and O–H groups in total. The third kappa shape index (κ3) is 10.8. The molecule has 4 nitrogen and oxygen atoms in total. The molecule has 112 valence electrons. The Morgan fingerprint density at radius 3 is 2.26 bits per heavy atom. The summed E-state index contributed by atoms with van der Waals surface area (Å²) in [6.07, 6.45) is 1.08. The van der Waals surface area contributed by atoms with Gasteiger partial charge in [-0.1, -0.05) is 31.5 Å². The van der Waals surface area contributed by atoms with Crippen molar-refractivity contribution in [3.8, 4) is 0 Å². The molecule has 0 aliphatic rings. The molecular weight excluding hydrogens is 335 g/mol. The van der Waals surface area contributed by atoms with Gasteiger partial charge in [0, 0.05) is 46.7 Å². The second-order valence-electron chi connectivity index (χ2n) is 3.81. The number of aliphatic hydroxyl groups excluding tert-OH is 1. The van der Waals surface area contributed by atoms with Crippen molar-refractivity contribution in [3.05, 3.63) is 35.6 Å². The van der Waals surface area contributed by atoms with Crippen LogP contribution in [-0.4, -0.2) is 37.8 Å². The predicted octanol–water partition coefficient (Wildman–Crippen LogP) is 2.43. The smallest absolute Gasteiger partial charge is 0.223 e. The molecule has 0 aliphatic carbocycles. The molecule has 0 aromatic heterocycles. The van der Waals surface area contributed by atoms with E-state index in [4.69, 9.17) is 5.11 Å². The van der Waals surface area contributed by atoms with E-state index in [2.05, 4.69) is 12.2 Å². The zero-order valence-corrected chi connectivity index (χ0v) is 13.3. The molecule has 0 saturated heterocycles. The number of carbonyl (C=O) groups is 1. The van der Waals surface area contributed by atoms with Gasteiger partial charge in [0.15, 0.2) is 0 Å². The summed E-state index contributed by atoms with van der Waals surface area (Å²) in [4.78, 5) is 12.5. The Balaban J connectivity index is 0. The van der Waals surface area contributed by atoms with E-state index in [1.54, 1.807) is 18.9 Å². The summed E-state index contributed by atoms with van der Waals surface area (Å²) in [5.41, 5.74) is 0.931. The fourth-order valence-corrected chi connectivity index (χ4v) is 1.17. The number of carbonyl (C=O) groups excluding carboxylic acids is 1. The predicted molar refractivity (Wildman–Crippen MR) is 76.0 cm³/mol. The minimum Gasteiger partial charge on any atom is -0.660 e. The van der Waals surface area contributed by atoms with Gasteiger partial charge in [-0.2, -0.15) is 0 Å². The Morgan fingerprint density at radius 1 is 1.26 bits per heavy atom. The number of aliphatic hydroxyl groups is 1. The molecule has 0 spiro atoms. The molecule has 0 unspecified atom stereocenters. The second kappa shape index (κ2) is 13.7. The summed E-state index contributed by atoms with van der Waals surface area (Å²) >= 11 is 0. The zero-order chi connectivity index (χ0) is 13.8. The second-order valence-corrected chi connectivity index (χ2v) is 3.81. The van der Waals surface area contributed by atoms with Gasteiger partial charge in [0.05, 0.1) is 0 Å². The van der Waals surface area contributed by atoms with Crippen molar-refractivity contribution in [1.29, 1.82) is 0 Å². The summed E-state index contributed by atoms with van der Waals surface area (Å²) in [5, 5.41) is 12.2. The Bertz CT molecular complexity index is 316. The Labute approximate surface area is 129 Å². The van der Waals surface area contributed by atoms with Crippen LogP contribution in [0.5, 0.6) is 0 Å². The SMILES string of the molecule is CC(=O)N(C)c1ccccc1.CCC[N-]CCO.[Pd]. The van der Waals surface area contributed by atoms with Gasteiger partial charge in [-0.25, -0.2) is 0 Å². The molecule has 0 fully saturated rings. The van der Waals surface area contributed by atoms with E-state index >= 15 is 0 Å². The Kier molecular flexibility index (Phi) is 14.8. The zero-order valence-electron chi connectivity index (χ0n) is 11.8. The number of hydrogen-bond acceptors (Lipinski definition) is 2. The van der Waals surface area contributed by atoms with E-state index in [1.165, 1.54) is 0 Å². The topological polar surface area (TPSA) is 54.6 Å². The number of amides is 1. The number of benzene rings is 1. The monoisotopic (exact) mass is 357 g/mol. The summed E-state index contributed by atoms with van der Waals surface area (Å²) in [7, 11) is 1.76. The number of rotatable bonds is 5. The molecule has 0 saturated carbocycles. The maximum atomic E-state index is 10.9. The van der Waals surface area contributed by atoms with E-state index in [0.717, 1.165) is 18.7 Å². The van der Waals surface area contributed by atoms with E-state index in [0.29, 0.717) is 6.54 Å². The summed E-state index contributed by atoms with van der Waals surface area (Å²) in [6.45, 7) is 5.31. The molecule has 0 bridgehead atoms. The Hall–Kier alpha value is -0.728. The molecule has 0 aliphatic heterocycles. The van der Waals surface area contributed by atoms with Crippen LogP contribution in [0.1, 0.15) is 20.3 Å². The number of hydrogen-bond donors (Lipinski definition) is 1. The fraction of sp³-hybridized carbons (Fsp3) is 0.500. The molecule has 1 amide bonds. The normalized spacial score (nSPS) is 8.84. The molecule has 0 atom stereocenters. The van der Waals surface area contributed by atoms with Crippen LogP contribution in [0, 0.1) is 0 Å². The van der Waals surface area contributed by atoms with E-state index in [-0.39, 0.29) is 32.9 Å². The maximum absolute atomic E-state index is 10.9. The van der Waals surface area contributed by atoms with Crippen molar-refractivity contribution in [2.24, 2.45) is 0 Å². The van der Waals surface area contributed by atoms with Crippen molar-refractivity contribution in [1.82, 2.24) is 0 Å². The van der Waals surface area contributed by atoms with Gasteiger partial charge >= 0.3 is 0 Å². The van der Waals surface area contributed by atoms with Gasteiger partial charge in [-0.05, 0) is 12.1 Å². The Morgan fingerprint density at radius 2 is 1.84 bits per heavy atom. The first-order valence-electron chi connectivity index (χ1n) is 6.17. The van der Waals surface area contributed by atoms with Crippen molar-refractivity contribution in [3.63, 3.8) is 0 Å². The standard InChI is InChI=1S/C9H11NO.C5H12NO.Pd/c1-8(11)10(2)9-6-4-3-5-7-9;1-2-3-6-4-5-7;/h3-7H,1-2H3;7H,2-5H2,1H3;/q;-1;. The first-order valence-corrected chi connectivity index (χ1v) is 6.17. The number of nitrogens with zero attached hydrogens (tertiary/aromatic N) is 2. The molecular formula is C14H23N2O2Pd-. The summed E-state index contributed by atoms with van der Waals surface area (Å²) in [6, 6.07) is 9.56. The van der Waals surface area contributed by atoms with E-state index in [1.807, 2.05) is 30.3 Å². The number of para-hydroxylation sites is 1.